The van der Waals surface area contributed by atoms with E-state index in [9.17, 15) is 4.79 Å². The first kappa shape index (κ1) is 18.4. The van der Waals surface area contributed by atoms with Crippen molar-refractivity contribution in [3.63, 3.8) is 0 Å². The highest BCUT2D eigenvalue weighted by Gasteiger charge is 2.25. The van der Waals surface area contributed by atoms with E-state index in [2.05, 4.69) is 83.1 Å². The Bertz CT molecular complexity index is 975. The van der Waals surface area contributed by atoms with Gasteiger partial charge >= 0.3 is 5.97 Å². The molecular formula is C24H28O2. The zero-order chi connectivity index (χ0) is 19.1. The molecule has 0 unspecified atom stereocenters. The Labute approximate surface area is 156 Å². The summed E-state index contributed by atoms with van der Waals surface area (Å²) < 4.78 is 4.86. The number of carbonyl (C=O) groups is 1. The average molecular weight is 348 g/mol. The van der Waals surface area contributed by atoms with Gasteiger partial charge in [0, 0.05) is 5.41 Å². The number of methoxy groups -OCH3 is 1. The summed E-state index contributed by atoms with van der Waals surface area (Å²) >= 11 is 0. The first-order valence-corrected chi connectivity index (χ1v) is 9.15. The van der Waals surface area contributed by atoms with E-state index in [1.807, 2.05) is 0 Å². The zero-order valence-electron chi connectivity index (χ0n) is 16.6. The van der Waals surface area contributed by atoms with Crippen molar-refractivity contribution in [3.05, 3.63) is 59.7 Å². The van der Waals surface area contributed by atoms with Crippen LogP contribution in [0.3, 0.4) is 0 Å². The second-order valence-electron chi connectivity index (χ2n) is 8.86. The van der Waals surface area contributed by atoms with Crippen molar-refractivity contribution in [2.45, 2.75) is 51.9 Å². The van der Waals surface area contributed by atoms with Crippen LogP contribution in [0.4, 0.5) is 0 Å². The van der Waals surface area contributed by atoms with Crippen LogP contribution in [0.1, 0.15) is 52.2 Å². The van der Waals surface area contributed by atoms with Gasteiger partial charge < -0.3 is 4.74 Å². The van der Waals surface area contributed by atoms with Gasteiger partial charge in [0.15, 0.2) is 0 Å². The molecule has 3 rings (SSSR count). The van der Waals surface area contributed by atoms with E-state index in [1.54, 1.807) is 0 Å². The third-order valence-electron chi connectivity index (χ3n) is 5.26. The maximum absolute atomic E-state index is 11.7. The molecule has 3 aromatic rings. The summed E-state index contributed by atoms with van der Waals surface area (Å²) in [6, 6.07) is 17.7. The molecule has 0 aliphatic carbocycles. The number of rotatable bonds is 3. The number of hydrogen-bond donors (Lipinski definition) is 0. The molecule has 0 N–H and O–H groups in total. The molecule has 26 heavy (non-hydrogen) atoms. The summed E-state index contributed by atoms with van der Waals surface area (Å²) in [7, 11) is 1.44. The molecule has 0 aromatic heterocycles. The zero-order valence-corrected chi connectivity index (χ0v) is 16.6. The van der Waals surface area contributed by atoms with Crippen molar-refractivity contribution in [1.29, 1.82) is 0 Å². The van der Waals surface area contributed by atoms with Gasteiger partial charge in [-0.25, -0.2) is 0 Å². The number of benzene rings is 3. The molecule has 0 spiro atoms. The summed E-state index contributed by atoms with van der Waals surface area (Å²) in [6.45, 7) is 10.9. The number of ether oxygens (including phenoxy) is 1. The predicted molar refractivity (Wildman–Crippen MR) is 110 cm³/mol. The van der Waals surface area contributed by atoms with Gasteiger partial charge in [-0.05, 0) is 50.2 Å². The fraction of sp³-hybridized carbons (Fsp3) is 0.375. The topological polar surface area (TPSA) is 26.3 Å². The summed E-state index contributed by atoms with van der Waals surface area (Å²) in [5.74, 6) is -0.177. The van der Waals surface area contributed by atoms with Crippen LogP contribution in [0.5, 0.6) is 0 Å². The van der Waals surface area contributed by atoms with Crippen LogP contribution in [0.15, 0.2) is 48.5 Å². The van der Waals surface area contributed by atoms with Crippen LogP contribution in [0.25, 0.3) is 21.5 Å². The van der Waals surface area contributed by atoms with Crippen molar-refractivity contribution in [3.8, 4) is 0 Å². The number of esters is 1. The fourth-order valence-corrected chi connectivity index (χ4v) is 3.42. The summed E-state index contributed by atoms with van der Waals surface area (Å²) in [5, 5.41) is 4.94. The lowest BCUT2D eigenvalue weighted by Gasteiger charge is -2.24. The molecule has 2 heteroatoms. The van der Waals surface area contributed by atoms with E-state index in [0.29, 0.717) is 6.42 Å². The molecule has 0 radical (unpaired) electrons. The Morgan fingerprint density at radius 2 is 1.27 bits per heavy atom. The van der Waals surface area contributed by atoms with Crippen molar-refractivity contribution >= 4 is 27.5 Å². The van der Waals surface area contributed by atoms with Gasteiger partial charge in [0.05, 0.1) is 13.5 Å². The summed E-state index contributed by atoms with van der Waals surface area (Å²) in [5.41, 5.74) is 2.37. The van der Waals surface area contributed by atoms with Gasteiger partial charge in [-0.3, -0.25) is 4.79 Å². The lowest BCUT2D eigenvalue weighted by atomic mass is 9.80. The lowest BCUT2D eigenvalue weighted by molar-refractivity contribution is -0.141. The third-order valence-corrected chi connectivity index (χ3v) is 5.26. The minimum atomic E-state index is -0.260. The highest BCUT2D eigenvalue weighted by Crippen LogP contribution is 2.33. The SMILES string of the molecule is COC(=O)CC(C)(C)c1ccc2cc3ccc(C(C)(C)C)cc3cc2c1. The van der Waals surface area contributed by atoms with Crippen molar-refractivity contribution in [2.24, 2.45) is 0 Å². The van der Waals surface area contributed by atoms with Crippen LogP contribution >= 0.6 is 0 Å². The van der Waals surface area contributed by atoms with Crippen LogP contribution in [0.2, 0.25) is 0 Å². The Balaban J connectivity index is 2.10. The first-order chi connectivity index (χ1) is 12.1. The minimum Gasteiger partial charge on any atom is -0.469 e. The van der Waals surface area contributed by atoms with E-state index in [4.69, 9.17) is 4.74 Å². The number of carbonyl (C=O) groups excluding carboxylic acids is 1. The van der Waals surface area contributed by atoms with Crippen molar-refractivity contribution in [1.82, 2.24) is 0 Å². The Morgan fingerprint density at radius 3 is 1.81 bits per heavy atom. The van der Waals surface area contributed by atoms with Gasteiger partial charge in [0.2, 0.25) is 0 Å². The van der Waals surface area contributed by atoms with Crippen molar-refractivity contribution < 1.29 is 9.53 Å². The number of fused-ring (bicyclic) bond motifs is 2. The van der Waals surface area contributed by atoms with E-state index >= 15 is 0 Å². The standard InChI is InChI=1S/C24H28O2/c1-23(2,3)20-9-7-16-11-17-8-10-21(14-19(17)12-18(16)13-20)24(4,5)15-22(25)26-6/h7-14H,15H2,1-6H3. The molecule has 0 heterocycles. The highest BCUT2D eigenvalue weighted by atomic mass is 16.5. The van der Waals surface area contributed by atoms with Crippen LogP contribution in [-0.4, -0.2) is 13.1 Å². The van der Waals surface area contributed by atoms with Crippen LogP contribution in [-0.2, 0) is 20.4 Å². The Hall–Kier alpha value is -2.35. The molecule has 0 aliphatic rings. The molecular weight excluding hydrogens is 320 g/mol. The molecule has 2 nitrogen and oxygen atoms in total. The molecule has 0 aliphatic heterocycles. The molecule has 136 valence electrons. The second kappa shape index (κ2) is 6.42. The van der Waals surface area contributed by atoms with E-state index in [1.165, 1.54) is 34.2 Å². The predicted octanol–water partition coefficient (Wildman–Crippen LogP) is 6.13. The monoisotopic (exact) mass is 348 g/mol. The quantitative estimate of drug-likeness (QED) is 0.420. The molecule has 0 saturated heterocycles. The fourth-order valence-electron chi connectivity index (χ4n) is 3.42. The van der Waals surface area contributed by atoms with E-state index < -0.39 is 0 Å². The van der Waals surface area contributed by atoms with Crippen molar-refractivity contribution in [2.75, 3.05) is 7.11 Å². The van der Waals surface area contributed by atoms with Gasteiger partial charge in [-0.2, -0.15) is 0 Å². The first-order valence-electron chi connectivity index (χ1n) is 9.15. The molecule has 0 fully saturated rings. The van der Waals surface area contributed by atoms with Gasteiger partial charge in [0.25, 0.3) is 0 Å². The minimum absolute atomic E-state index is 0.132. The largest absolute Gasteiger partial charge is 0.469 e. The van der Waals surface area contributed by atoms with Gasteiger partial charge in [-0.15, -0.1) is 0 Å². The van der Waals surface area contributed by atoms with E-state index in [0.717, 1.165) is 5.56 Å². The van der Waals surface area contributed by atoms with E-state index in [-0.39, 0.29) is 16.8 Å². The normalized spacial score (nSPS) is 12.5. The average Bonchev–Trinajstić information content (AvgIpc) is 2.57. The van der Waals surface area contributed by atoms with Gasteiger partial charge in [0.1, 0.15) is 0 Å². The summed E-state index contributed by atoms with van der Waals surface area (Å²) in [6.07, 6.45) is 0.372. The Morgan fingerprint density at radius 1 is 0.769 bits per heavy atom. The smallest absolute Gasteiger partial charge is 0.306 e. The number of hydrogen-bond acceptors (Lipinski definition) is 2. The second-order valence-corrected chi connectivity index (χ2v) is 8.86. The molecule has 0 amide bonds. The maximum atomic E-state index is 11.7. The molecule has 3 aromatic carbocycles. The molecule has 0 bridgehead atoms. The summed E-state index contributed by atoms with van der Waals surface area (Å²) in [4.78, 5) is 11.7. The third kappa shape index (κ3) is 3.60. The molecule has 0 atom stereocenters. The van der Waals surface area contributed by atoms with Crippen LogP contribution < -0.4 is 0 Å². The van der Waals surface area contributed by atoms with Crippen LogP contribution in [0, 0.1) is 0 Å². The lowest BCUT2D eigenvalue weighted by Crippen LogP contribution is -2.22. The van der Waals surface area contributed by atoms with Gasteiger partial charge in [-0.1, -0.05) is 71.0 Å². The maximum Gasteiger partial charge on any atom is 0.306 e. The highest BCUT2D eigenvalue weighted by molar-refractivity contribution is 5.98. The molecule has 0 saturated carbocycles. The Kier molecular flexibility index (Phi) is 4.56.